The molecule has 9 heteroatoms. The van der Waals surface area contributed by atoms with Gasteiger partial charge in [0.05, 0.1) is 6.61 Å². The number of carbonyl (C=O) groups is 2. The monoisotopic (exact) mass is 420 g/mol. The standard InChI is InChI=1S/C19H17FN2O4S2/c1-4-26-18(24)14-13(11-5-7-12(20)8-6-11)10(3)27-17(14)22-16(23)15-9(2)21-19(25)28-15/h5-8H,4H2,1-3H3,(H,21,25)(H,22,23). The number of aromatic amines is 1. The molecule has 6 nitrogen and oxygen atoms in total. The second-order valence-corrected chi connectivity index (χ2v) is 8.10. The number of thiophene rings is 1. The lowest BCUT2D eigenvalue weighted by Gasteiger charge is -2.09. The molecule has 3 rings (SSSR count). The number of anilines is 1. The van der Waals surface area contributed by atoms with Crippen LogP contribution in [0.4, 0.5) is 9.39 Å². The van der Waals surface area contributed by atoms with Gasteiger partial charge in [0.1, 0.15) is 21.3 Å². The summed E-state index contributed by atoms with van der Waals surface area (Å²) < 4.78 is 18.5. The Morgan fingerprint density at radius 2 is 1.86 bits per heavy atom. The summed E-state index contributed by atoms with van der Waals surface area (Å²) in [7, 11) is 0. The molecule has 0 atom stereocenters. The third-order valence-electron chi connectivity index (χ3n) is 3.95. The average Bonchev–Trinajstić information content (AvgIpc) is 3.14. The summed E-state index contributed by atoms with van der Waals surface area (Å²) in [5, 5.41) is 3.04. The van der Waals surface area contributed by atoms with E-state index in [4.69, 9.17) is 4.74 Å². The summed E-state index contributed by atoms with van der Waals surface area (Å²) >= 11 is 2.02. The van der Waals surface area contributed by atoms with Crippen LogP contribution in [0.5, 0.6) is 0 Å². The molecule has 0 radical (unpaired) electrons. The summed E-state index contributed by atoms with van der Waals surface area (Å²) in [6.45, 7) is 5.29. The number of thiazole rings is 1. The number of hydrogen-bond acceptors (Lipinski definition) is 6. The van der Waals surface area contributed by atoms with Gasteiger partial charge in [-0.1, -0.05) is 23.5 Å². The zero-order valence-corrected chi connectivity index (χ0v) is 17.0. The number of rotatable bonds is 5. The quantitative estimate of drug-likeness (QED) is 0.601. The lowest BCUT2D eigenvalue weighted by Crippen LogP contribution is -2.14. The van der Waals surface area contributed by atoms with E-state index < -0.39 is 11.9 Å². The zero-order chi connectivity index (χ0) is 20.4. The maximum Gasteiger partial charge on any atom is 0.341 e. The van der Waals surface area contributed by atoms with Gasteiger partial charge in [-0.05, 0) is 38.5 Å². The van der Waals surface area contributed by atoms with Crippen LogP contribution in [-0.2, 0) is 4.74 Å². The molecule has 0 aliphatic carbocycles. The van der Waals surface area contributed by atoms with Crippen molar-refractivity contribution in [3.63, 3.8) is 0 Å². The van der Waals surface area contributed by atoms with Crippen LogP contribution in [0.2, 0.25) is 0 Å². The van der Waals surface area contributed by atoms with E-state index in [1.54, 1.807) is 26.0 Å². The summed E-state index contributed by atoms with van der Waals surface area (Å²) in [5.41, 5.74) is 1.89. The second-order valence-electron chi connectivity index (χ2n) is 5.89. The first kappa shape index (κ1) is 20.0. The van der Waals surface area contributed by atoms with Crippen molar-refractivity contribution in [2.45, 2.75) is 20.8 Å². The van der Waals surface area contributed by atoms with Gasteiger partial charge >= 0.3 is 10.8 Å². The van der Waals surface area contributed by atoms with Crippen molar-refractivity contribution in [1.82, 2.24) is 4.98 Å². The van der Waals surface area contributed by atoms with Gasteiger partial charge in [-0.15, -0.1) is 11.3 Å². The number of ether oxygens (including phenoxy) is 1. The fourth-order valence-electron chi connectivity index (χ4n) is 2.78. The average molecular weight is 420 g/mol. The predicted octanol–water partition coefficient (Wildman–Crippen LogP) is 4.35. The number of aromatic nitrogens is 1. The Balaban J connectivity index is 2.08. The Hall–Kier alpha value is -2.78. The molecule has 0 fully saturated rings. The molecule has 2 aromatic heterocycles. The van der Waals surface area contributed by atoms with Crippen LogP contribution in [0.1, 0.15) is 37.5 Å². The SMILES string of the molecule is CCOC(=O)c1c(NC(=O)c2sc(=O)[nH]c2C)sc(C)c1-c1ccc(F)cc1. The molecule has 0 aliphatic rings. The van der Waals surface area contributed by atoms with E-state index in [0.29, 0.717) is 21.8 Å². The maximum absolute atomic E-state index is 13.3. The maximum atomic E-state index is 13.3. The van der Waals surface area contributed by atoms with Gasteiger partial charge < -0.3 is 15.0 Å². The van der Waals surface area contributed by atoms with Crippen molar-refractivity contribution in [1.29, 1.82) is 0 Å². The topological polar surface area (TPSA) is 88.3 Å². The Kier molecular flexibility index (Phi) is 5.76. The van der Waals surface area contributed by atoms with E-state index in [1.165, 1.54) is 23.5 Å². The Labute approximate surface area is 168 Å². The predicted molar refractivity (Wildman–Crippen MR) is 108 cm³/mol. The minimum atomic E-state index is -0.583. The molecular weight excluding hydrogens is 403 g/mol. The number of halogens is 1. The minimum absolute atomic E-state index is 0.169. The van der Waals surface area contributed by atoms with Crippen molar-refractivity contribution in [3.8, 4) is 11.1 Å². The Bertz CT molecular complexity index is 1100. The highest BCUT2D eigenvalue weighted by Crippen LogP contribution is 2.40. The van der Waals surface area contributed by atoms with Crippen molar-refractivity contribution >= 4 is 39.6 Å². The molecule has 0 saturated heterocycles. The third-order valence-corrected chi connectivity index (χ3v) is 5.96. The minimum Gasteiger partial charge on any atom is -0.462 e. The van der Waals surface area contributed by atoms with Crippen molar-refractivity contribution in [2.24, 2.45) is 0 Å². The fraction of sp³-hybridized carbons (Fsp3) is 0.211. The van der Waals surface area contributed by atoms with Gasteiger partial charge in [-0.3, -0.25) is 9.59 Å². The molecule has 0 saturated carbocycles. The summed E-state index contributed by atoms with van der Waals surface area (Å²) in [4.78, 5) is 40.0. The highest BCUT2D eigenvalue weighted by atomic mass is 32.1. The third kappa shape index (κ3) is 3.90. The summed E-state index contributed by atoms with van der Waals surface area (Å²) in [5.74, 6) is -1.46. The Morgan fingerprint density at radius 1 is 1.18 bits per heavy atom. The van der Waals surface area contributed by atoms with Crippen LogP contribution >= 0.6 is 22.7 Å². The van der Waals surface area contributed by atoms with E-state index in [2.05, 4.69) is 10.3 Å². The number of benzene rings is 1. The number of hydrogen-bond donors (Lipinski definition) is 2. The molecule has 28 heavy (non-hydrogen) atoms. The molecular formula is C19H17FN2O4S2. The number of aryl methyl sites for hydroxylation is 2. The molecule has 2 heterocycles. The molecule has 0 bridgehead atoms. The Morgan fingerprint density at radius 3 is 2.43 bits per heavy atom. The van der Waals surface area contributed by atoms with Crippen LogP contribution < -0.4 is 10.2 Å². The van der Waals surface area contributed by atoms with Crippen molar-refractivity contribution in [3.05, 3.63) is 60.8 Å². The number of esters is 1. The van der Waals surface area contributed by atoms with E-state index in [9.17, 15) is 18.8 Å². The first-order chi connectivity index (χ1) is 13.3. The largest absolute Gasteiger partial charge is 0.462 e. The van der Waals surface area contributed by atoms with Crippen molar-refractivity contribution in [2.75, 3.05) is 11.9 Å². The van der Waals surface area contributed by atoms with Gasteiger partial charge in [0.2, 0.25) is 0 Å². The number of carbonyl (C=O) groups excluding carboxylic acids is 2. The highest BCUT2D eigenvalue weighted by molar-refractivity contribution is 7.17. The molecule has 146 valence electrons. The van der Waals surface area contributed by atoms with Gasteiger partial charge in [0.25, 0.3) is 5.91 Å². The van der Waals surface area contributed by atoms with Gasteiger partial charge in [0.15, 0.2) is 0 Å². The molecule has 2 N–H and O–H groups in total. The first-order valence-corrected chi connectivity index (χ1v) is 10.0. The van der Waals surface area contributed by atoms with Gasteiger partial charge in [0, 0.05) is 16.1 Å². The fourth-order valence-corrected chi connectivity index (χ4v) is 4.57. The van der Waals surface area contributed by atoms with Crippen molar-refractivity contribution < 1.29 is 18.7 Å². The van der Waals surface area contributed by atoms with E-state index >= 15 is 0 Å². The molecule has 1 aromatic carbocycles. The normalized spacial score (nSPS) is 10.7. The summed E-state index contributed by atoms with van der Waals surface area (Å²) in [6, 6.07) is 5.75. The van der Waals surface area contributed by atoms with E-state index in [-0.39, 0.29) is 27.7 Å². The zero-order valence-electron chi connectivity index (χ0n) is 15.3. The molecule has 0 unspecified atom stereocenters. The van der Waals surface area contributed by atoms with Crippen LogP contribution in [0.15, 0.2) is 29.1 Å². The van der Waals surface area contributed by atoms with E-state index in [1.807, 2.05) is 6.92 Å². The lowest BCUT2D eigenvalue weighted by atomic mass is 10.0. The molecule has 3 aromatic rings. The lowest BCUT2D eigenvalue weighted by molar-refractivity contribution is 0.0529. The molecule has 0 aliphatic heterocycles. The second kappa shape index (κ2) is 8.07. The summed E-state index contributed by atoms with van der Waals surface area (Å²) in [6.07, 6.45) is 0. The number of H-pyrrole nitrogens is 1. The van der Waals surface area contributed by atoms with E-state index in [0.717, 1.165) is 16.2 Å². The van der Waals surface area contributed by atoms with Gasteiger partial charge in [-0.25, -0.2) is 9.18 Å². The molecule has 0 spiro atoms. The number of amides is 1. The van der Waals surface area contributed by atoms with Crippen LogP contribution in [0.25, 0.3) is 11.1 Å². The highest BCUT2D eigenvalue weighted by Gasteiger charge is 2.26. The van der Waals surface area contributed by atoms with Crippen LogP contribution in [-0.4, -0.2) is 23.5 Å². The first-order valence-electron chi connectivity index (χ1n) is 8.39. The van der Waals surface area contributed by atoms with Gasteiger partial charge in [-0.2, -0.15) is 0 Å². The van der Waals surface area contributed by atoms with Crippen LogP contribution in [0, 0.1) is 19.7 Å². The number of nitrogens with one attached hydrogen (secondary N) is 2. The molecule has 1 amide bonds. The van der Waals surface area contributed by atoms with Crippen LogP contribution in [0.3, 0.4) is 0 Å². The smallest absolute Gasteiger partial charge is 0.341 e.